The minimum absolute atomic E-state index is 0.106. The van der Waals surface area contributed by atoms with Crippen molar-refractivity contribution in [2.45, 2.75) is 39.2 Å². The maximum atomic E-state index is 14.0. The van der Waals surface area contributed by atoms with E-state index in [-0.39, 0.29) is 17.8 Å². The Balaban J connectivity index is 1.50. The van der Waals surface area contributed by atoms with Crippen molar-refractivity contribution in [3.05, 3.63) is 83.6 Å². The average molecular weight is 516 g/mol. The summed E-state index contributed by atoms with van der Waals surface area (Å²) in [4.78, 5) is 33.3. The van der Waals surface area contributed by atoms with Crippen LogP contribution in [-0.4, -0.2) is 44.9 Å². The van der Waals surface area contributed by atoms with E-state index in [2.05, 4.69) is 0 Å². The average Bonchev–Trinajstić information content (AvgIpc) is 3.27. The number of piperidine rings is 1. The fourth-order valence-electron chi connectivity index (χ4n) is 4.71. The number of carbonyl (C=O) groups is 2. The van der Waals surface area contributed by atoms with E-state index in [1.54, 1.807) is 12.1 Å². The number of aromatic nitrogens is 2. The first-order chi connectivity index (χ1) is 17.7. The summed E-state index contributed by atoms with van der Waals surface area (Å²) in [6, 6.07) is 21.4. The van der Waals surface area contributed by atoms with Crippen molar-refractivity contribution in [1.82, 2.24) is 14.3 Å². The van der Waals surface area contributed by atoms with Gasteiger partial charge < -0.3 is 9.64 Å². The first kappa shape index (κ1) is 25.0. The van der Waals surface area contributed by atoms with Crippen LogP contribution in [0.4, 0.5) is 0 Å². The summed E-state index contributed by atoms with van der Waals surface area (Å²) in [5.74, 6) is -0.500. The molecular formula is C30H30ClN3O3. The number of likely N-dealkylation sites (tertiary alicyclic amines) is 1. The molecule has 1 aliphatic heterocycles. The van der Waals surface area contributed by atoms with Crippen LogP contribution in [0.5, 0.6) is 0 Å². The lowest BCUT2D eigenvalue weighted by atomic mass is 9.96. The van der Waals surface area contributed by atoms with Crippen LogP contribution in [0.1, 0.15) is 44.1 Å². The highest BCUT2D eigenvalue weighted by molar-refractivity contribution is 6.30. The van der Waals surface area contributed by atoms with Crippen LogP contribution in [0.3, 0.4) is 0 Å². The molecule has 0 bridgehead atoms. The minimum Gasteiger partial charge on any atom is -0.460 e. The van der Waals surface area contributed by atoms with Crippen molar-refractivity contribution in [1.29, 1.82) is 0 Å². The van der Waals surface area contributed by atoms with Gasteiger partial charge in [0, 0.05) is 29.9 Å². The second-order valence-corrected chi connectivity index (χ2v) is 10.9. The molecule has 0 atom stereocenters. The lowest BCUT2D eigenvalue weighted by Crippen LogP contribution is -2.42. The SMILES string of the molecule is CC(C)(C)OC(=O)C1CCN(C(=O)c2c(-c3ccc(Cl)cc3)nc3ccc(-c4ccccc4)cn23)CC1. The van der Waals surface area contributed by atoms with E-state index in [1.807, 2.05) is 90.9 Å². The van der Waals surface area contributed by atoms with Gasteiger partial charge in [-0.25, -0.2) is 4.98 Å². The molecule has 0 saturated carbocycles. The quantitative estimate of drug-likeness (QED) is 0.290. The number of nitrogens with zero attached hydrogens (tertiary/aromatic N) is 3. The number of benzene rings is 2. The van der Waals surface area contributed by atoms with Crippen molar-refractivity contribution in [3.63, 3.8) is 0 Å². The third kappa shape index (κ3) is 5.39. The Labute approximate surface area is 221 Å². The largest absolute Gasteiger partial charge is 0.460 e. The Morgan fingerprint density at radius 1 is 0.892 bits per heavy atom. The molecule has 1 amide bonds. The molecule has 0 aliphatic carbocycles. The molecule has 190 valence electrons. The molecule has 5 rings (SSSR count). The van der Waals surface area contributed by atoms with Crippen molar-refractivity contribution < 1.29 is 14.3 Å². The molecule has 37 heavy (non-hydrogen) atoms. The summed E-state index contributed by atoms with van der Waals surface area (Å²) in [6.45, 7) is 6.58. The summed E-state index contributed by atoms with van der Waals surface area (Å²) in [5, 5.41) is 0.621. The molecule has 2 aromatic heterocycles. The molecule has 0 radical (unpaired) electrons. The number of fused-ring (bicyclic) bond motifs is 1. The number of imidazole rings is 1. The van der Waals surface area contributed by atoms with Crippen LogP contribution in [0, 0.1) is 5.92 Å². The molecule has 0 spiro atoms. The topological polar surface area (TPSA) is 63.9 Å². The predicted octanol–water partition coefficient (Wildman–Crippen LogP) is 6.52. The highest BCUT2D eigenvalue weighted by Gasteiger charge is 2.33. The van der Waals surface area contributed by atoms with Gasteiger partial charge in [-0.2, -0.15) is 0 Å². The van der Waals surface area contributed by atoms with Crippen LogP contribution in [0.15, 0.2) is 72.9 Å². The van der Waals surface area contributed by atoms with Gasteiger partial charge in [-0.3, -0.25) is 14.0 Å². The van der Waals surface area contributed by atoms with Gasteiger partial charge in [-0.1, -0.05) is 54.1 Å². The van der Waals surface area contributed by atoms with Crippen molar-refractivity contribution in [2.75, 3.05) is 13.1 Å². The number of rotatable bonds is 4. The summed E-state index contributed by atoms with van der Waals surface area (Å²) >= 11 is 6.13. The van der Waals surface area contributed by atoms with E-state index in [1.165, 1.54) is 0 Å². The lowest BCUT2D eigenvalue weighted by molar-refractivity contribution is -0.161. The van der Waals surface area contributed by atoms with Crippen LogP contribution >= 0.6 is 11.6 Å². The van der Waals surface area contributed by atoms with Gasteiger partial charge in [-0.05, 0) is 69.0 Å². The molecule has 4 aromatic rings. The Kier molecular flexibility index (Phi) is 6.78. The number of esters is 1. The summed E-state index contributed by atoms with van der Waals surface area (Å²) < 4.78 is 7.46. The number of pyridine rings is 1. The number of halogens is 1. The molecular weight excluding hydrogens is 486 g/mol. The number of hydrogen-bond donors (Lipinski definition) is 0. The van der Waals surface area contributed by atoms with E-state index >= 15 is 0 Å². The summed E-state index contributed by atoms with van der Waals surface area (Å²) in [7, 11) is 0. The van der Waals surface area contributed by atoms with E-state index < -0.39 is 5.60 Å². The number of amides is 1. The number of hydrogen-bond acceptors (Lipinski definition) is 4. The van der Waals surface area contributed by atoms with Gasteiger partial charge in [0.2, 0.25) is 0 Å². The van der Waals surface area contributed by atoms with Crippen LogP contribution in [0.25, 0.3) is 28.0 Å². The maximum Gasteiger partial charge on any atom is 0.309 e. The van der Waals surface area contributed by atoms with Gasteiger partial charge >= 0.3 is 5.97 Å². The normalized spacial score (nSPS) is 14.6. The van der Waals surface area contributed by atoms with Gasteiger partial charge in [0.15, 0.2) is 0 Å². The predicted molar refractivity (Wildman–Crippen MR) is 146 cm³/mol. The molecule has 2 aromatic carbocycles. The van der Waals surface area contributed by atoms with Crippen LogP contribution < -0.4 is 0 Å². The van der Waals surface area contributed by atoms with Gasteiger partial charge in [-0.15, -0.1) is 0 Å². The lowest BCUT2D eigenvalue weighted by Gasteiger charge is -2.32. The van der Waals surface area contributed by atoms with E-state index in [9.17, 15) is 9.59 Å². The first-order valence-electron chi connectivity index (χ1n) is 12.6. The van der Waals surface area contributed by atoms with Crippen molar-refractivity contribution in [2.24, 2.45) is 5.92 Å². The maximum absolute atomic E-state index is 14.0. The van der Waals surface area contributed by atoms with Gasteiger partial charge in [0.05, 0.1) is 5.92 Å². The molecule has 1 fully saturated rings. The fraction of sp³-hybridized carbons (Fsp3) is 0.300. The zero-order valence-corrected chi connectivity index (χ0v) is 22.0. The van der Waals surface area contributed by atoms with Crippen molar-refractivity contribution >= 4 is 29.1 Å². The fourth-order valence-corrected chi connectivity index (χ4v) is 4.84. The third-order valence-electron chi connectivity index (χ3n) is 6.57. The standard InChI is InChI=1S/C30H30ClN3O3/c1-30(2,3)37-29(36)22-15-17-33(18-16-22)28(35)27-26(21-9-12-24(31)13-10-21)32-25-14-11-23(19-34(25)27)20-7-5-4-6-8-20/h4-14,19,22H,15-18H2,1-3H3. The molecule has 6 nitrogen and oxygen atoms in total. The van der Waals surface area contributed by atoms with Crippen LogP contribution in [-0.2, 0) is 9.53 Å². The second kappa shape index (κ2) is 10.0. The zero-order valence-electron chi connectivity index (χ0n) is 21.3. The molecule has 3 heterocycles. The molecule has 0 unspecified atom stereocenters. The number of ether oxygens (including phenoxy) is 1. The highest BCUT2D eigenvalue weighted by atomic mass is 35.5. The van der Waals surface area contributed by atoms with E-state index in [0.717, 1.165) is 16.7 Å². The molecule has 1 saturated heterocycles. The number of carbonyl (C=O) groups excluding carboxylic acids is 2. The summed E-state index contributed by atoms with van der Waals surface area (Å²) in [6.07, 6.45) is 3.11. The Morgan fingerprint density at radius 2 is 1.54 bits per heavy atom. The first-order valence-corrected chi connectivity index (χ1v) is 12.9. The second-order valence-electron chi connectivity index (χ2n) is 10.4. The van der Waals surface area contributed by atoms with Crippen LogP contribution in [0.2, 0.25) is 5.02 Å². The molecule has 1 aliphatic rings. The van der Waals surface area contributed by atoms with E-state index in [4.69, 9.17) is 21.3 Å². The van der Waals surface area contributed by atoms with E-state index in [0.29, 0.717) is 48.0 Å². The Morgan fingerprint density at radius 3 is 2.19 bits per heavy atom. The van der Waals surface area contributed by atoms with Gasteiger partial charge in [0.1, 0.15) is 22.6 Å². The smallest absolute Gasteiger partial charge is 0.309 e. The Hall–Kier alpha value is -3.64. The molecule has 0 N–H and O–H groups in total. The monoisotopic (exact) mass is 515 g/mol. The van der Waals surface area contributed by atoms with Crippen molar-refractivity contribution in [3.8, 4) is 22.4 Å². The zero-order chi connectivity index (χ0) is 26.2. The minimum atomic E-state index is -0.523. The molecule has 7 heteroatoms. The Bertz CT molecular complexity index is 1430. The van der Waals surface area contributed by atoms with Gasteiger partial charge in [0.25, 0.3) is 5.91 Å². The third-order valence-corrected chi connectivity index (χ3v) is 6.82. The summed E-state index contributed by atoms with van der Waals surface area (Å²) in [5.41, 5.74) is 4.16. The highest BCUT2D eigenvalue weighted by Crippen LogP contribution is 2.31.